The van der Waals surface area contributed by atoms with Crippen molar-refractivity contribution in [1.82, 2.24) is 4.90 Å². The van der Waals surface area contributed by atoms with Crippen LogP contribution in [0.15, 0.2) is 29.3 Å². The SMILES string of the molecule is CN1CCc2cc(O)ccc2/C1=C/C(=NC=O)OCC12CC(C)(CO1)C2. The molecule has 1 amide bonds. The van der Waals surface area contributed by atoms with E-state index in [1.165, 1.54) is 0 Å². The van der Waals surface area contributed by atoms with E-state index in [9.17, 15) is 9.90 Å². The highest BCUT2D eigenvalue weighted by molar-refractivity contribution is 5.98. The number of phenolic OH excluding ortho intramolecular Hbond substituents is 1. The minimum atomic E-state index is -0.223. The van der Waals surface area contributed by atoms with Gasteiger partial charge in [-0.1, -0.05) is 6.92 Å². The third-order valence-corrected chi connectivity index (χ3v) is 5.64. The van der Waals surface area contributed by atoms with Gasteiger partial charge in [0, 0.05) is 30.9 Å². The van der Waals surface area contributed by atoms with E-state index in [0.29, 0.717) is 18.9 Å². The third kappa shape index (κ3) is 2.98. The van der Waals surface area contributed by atoms with E-state index < -0.39 is 0 Å². The van der Waals surface area contributed by atoms with Crippen molar-refractivity contribution in [2.75, 3.05) is 26.8 Å². The largest absolute Gasteiger partial charge is 0.508 e. The van der Waals surface area contributed by atoms with Gasteiger partial charge in [-0.3, -0.25) is 4.79 Å². The summed E-state index contributed by atoms with van der Waals surface area (Å²) in [7, 11) is 2.00. The normalized spacial score (nSPS) is 31.5. The molecular weight excluding hydrogens is 332 g/mol. The van der Waals surface area contributed by atoms with Crippen molar-refractivity contribution in [2.24, 2.45) is 10.4 Å². The van der Waals surface area contributed by atoms with Crippen LogP contribution in [0.2, 0.25) is 0 Å². The van der Waals surface area contributed by atoms with Crippen LogP contribution in [0.4, 0.5) is 0 Å². The number of nitrogens with zero attached hydrogens (tertiary/aromatic N) is 2. The fraction of sp³-hybridized carbons (Fsp3) is 0.500. The van der Waals surface area contributed by atoms with Gasteiger partial charge in [0.15, 0.2) is 0 Å². The Morgan fingerprint density at radius 1 is 1.46 bits per heavy atom. The molecule has 138 valence electrons. The van der Waals surface area contributed by atoms with Gasteiger partial charge in [-0.2, -0.15) is 4.99 Å². The highest BCUT2D eigenvalue weighted by Crippen LogP contribution is 2.57. The molecule has 4 aliphatic rings. The van der Waals surface area contributed by atoms with E-state index in [0.717, 1.165) is 49.2 Å². The Bertz CT molecular complexity index is 793. The summed E-state index contributed by atoms with van der Waals surface area (Å²) in [6.07, 6.45) is 5.14. The Morgan fingerprint density at radius 3 is 2.96 bits per heavy atom. The number of amides is 1. The molecule has 6 nitrogen and oxygen atoms in total. The second-order valence-corrected chi connectivity index (χ2v) is 8.04. The molecule has 0 radical (unpaired) electrons. The molecule has 0 aromatic heterocycles. The van der Waals surface area contributed by atoms with E-state index >= 15 is 0 Å². The Balaban J connectivity index is 1.56. The predicted octanol–water partition coefficient (Wildman–Crippen LogP) is 2.36. The standard InChI is InChI=1S/C20H24N2O4/c1-19-9-20(10-19,26-11-19)12-25-18(21-13-23)8-17-16-4-3-15(24)7-14(16)5-6-22(17)2/h3-4,7-8,13,24H,5-6,9-12H2,1-2H3/b17-8-,21-18?. The first kappa shape index (κ1) is 17.1. The summed E-state index contributed by atoms with van der Waals surface area (Å²) in [5.74, 6) is 0.553. The molecule has 26 heavy (non-hydrogen) atoms. The number of rotatable bonds is 4. The molecule has 1 aromatic rings. The van der Waals surface area contributed by atoms with Crippen LogP contribution in [0, 0.1) is 5.41 Å². The summed E-state index contributed by atoms with van der Waals surface area (Å²) in [6, 6.07) is 5.35. The minimum absolute atomic E-state index is 0.223. The molecule has 3 aliphatic heterocycles. The molecule has 5 rings (SSSR count). The predicted molar refractivity (Wildman–Crippen MR) is 97.9 cm³/mol. The second-order valence-electron chi connectivity index (χ2n) is 8.04. The molecule has 0 atom stereocenters. The van der Waals surface area contributed by atoms with Gasteiger partial charge in [0.25, 0.3) is 0 Å². The van der Waals surface area contributed by atoms with Gasteiger partial charge >= 0.3 is 0 Å². The van der Waals surface area contributed by atoms with E-state index in [1.807, 2.05) is 13.1 Å². The number of carbonyl (C=O) groups is 1. The van der Waals surface area contributed by atoms with Gasteiger partial charge < -0.3 is 19.5 Å². The van der Waals surface area contributed by atoms with Gasteiger partial charge in [0.2, 0.25) is 12.3 Å². The molecule has 0 unspecified atom stereocenters. The maximum absolute atomic E-state index is 11.0. The van der Waals surface area contributed by atoms with Crippen molar-refractivity contribution >= 4 is 18.0 Å². The summed E-state index contributed by atoms with van der Waals surface area (Å²) in [6.45, 7) is 4.23. The number of likely N-dealkylation sites (N-methyl/N-ethyl adjacent to an activating group) is 1. The molecule has 2 bridgehead atoms. The van der Waals surface area contributed by atoms with Crippen molar-refractivity contribution in [1.29, 1.82) is 0 Å². The monoisotopic (exact) mass is 356 g/mol. The first-order valence-electron chi connectivity index (χ1n) is 8.95. The van der Waals surface area contributed by atoms with Crippen LogP contribution in [0.1, 0.15) is 30.9 Å². The number of benzene rings is 1. The zero-order chi connectivity index (χ0) is 18.4. The van der Waals surface area contributed by atoms with Gasteiger partial charge in [-0.05, 0) is 48.4 Å². The maximum Gasteiger partial charge on any atom is 0.236 e. The highest BCUT2D eigenvalue weighted by Gasteiger charge is 2.60. The number of hydrogen-bond acceptors (Lipinski definition) is 5. The molecular formula is C20H24N2O4. The summed E-state index contributed by atoms with van der Waals surface area (Å²) in [5, 5.41) is 9.72. The highest BCUT2D eigenvalue weighted by atomic mass is 16.6. The molecule has 1 N–H and O–H groups in total. The zero-order valence-corrected chi connectivity index (χ0v) is 15.2. The van der Waals surface area contributed by atoms with Crippen LogP contribution in [-0.4, -0.2) is 54.7 Å². The lowest BCUT2D eigenvalue weighted by Gasteiger charge is -2.41. The fourth-order valence-electron chi connectivity index (χ4n) is 4.51. The van der Waals surface area contributed by atoms with Crippen LogP contribution in [0.25, 0.3) is 5.70 Å². The number of ether oxygens (including phenoxy) is 2. The summed E-state index contributed by atoms with van der Waals surface area (Å²) in [5.41, 5.74) is 3.08. The van der Waals surface area contributed by atoms with Crippen molar-refractivity contribution < 1.29 is 19.4 Å². The fourth-order valence-corrected chi connectivity index (χ4v) is 4.51. The average molecular weight is 356 g/mol. The number of aromatic hydroxyl groups is 1. The lowest BCUT2D eigenvalue weighted by Crippen LogP contribution is -2.46. The van der Waals surface area contributed by atoms with Crippen LogP contribution in [0.5, 0.6) is 5.75 Å². The summed E-state index contributed by atoms with van der Waals surface area (Å²) < 4.78 is 11.8. The number of hydrogen-bond donors (Lipinski definition) is 1. The Labute approximate surface area is 153 Å². The van der Waals surface area contributed by atoms with Gasteiger partial charge in [-0.15, -0.1) is 0 Å². The van der Waals surface area contributed by atoms with Crippen LogP contribution < -0.4 is 0 Å². The summed E-state index contributed by atoms with van der Waals surface area (Å²) >= 11 is 0. The number of carbonyl (C=O) groups excluding carboxylic acids is 1. The average Bonchev–Trinajstić information content (AvgIpc) is 3.09. The zero-order valence-electron chi connectivity index (χ0n) is 15.2. The second kappa shape index (κ2) is 6.13. The summed E-state index contributed by atoms with van der Waals surface area (Å²) in [4.78, 5) is 17.0. The number of fused-ring (bicyclic) bond motifs is 2. The lowest BCUT2D eigenvalue weighted by atomic mass is 9.64. The van der Waals surface area contributed by atoms with Crippen molar-refractivity contribution in [3.05, 3.63) is 35.4 Å². The minimum Gasteiger partial charge on any atom is -0.508 e. The first-order valence-corrected chi connectivity index (χ1v) is 8.95. The van der Waals surface area contributed by atoms with Crippen molar-refractivity contribution in [3.63, 3.8) is 0 Å². The van der Waals surface area contributed by atoms with E-state index in [4.69, 9.17) is 9.47 Å². The Hall–Kier alpha value is -2.34. The van der Waals surface area contributed by atoms with E-state index in [2.05, 4.69) is 16.8 Å². The molecule has 3 fully saturated rings. The Kier molecular flexibility index (Phi) is 4.03. The molecule has 1 saturated carbocycles. The number of phenols is 1. The van der Waals surface area contributed by atoms with Gasteiger partial charge in [0.1, 0.15) is 18.0 Å². The molecule has 6 heteroatoms. The quantitative estimate of drug-likeness (QED) is 0.509. The maximum atomic E-state index is 11.0. The molecule has 0 spiro atoms. The third-order valence-electron chi connectivity index (χ3n) is 5.64. The van der Waals surface area contributed by atoms with Crippen LogP contribution >= 0.6 is 0 Å². The van der Waals surface area contributed by atoms with Gasteiger partial charge in [-0.25, -0.2) is 0 Å². The topological polar surface area (TPSA) is 71.4 Å². The van der Waals surface area contributed by atoms with Crippen molar-refractivity contribution in [2.45, 2.75) is 31.8 Å². The van der Waals surface area contributed by atoms with E-state index in [1.54, 1.807) is 18.2 Å². The molecule has 1 aliphatic carbocycles. The van der Waals surface area contributed by atoms with Crippen LogP contribution in [0.3, 0.4) is 0 Å². The van der Waals surface area contributed by atoms with Crippen molar-refractivity contribution in [3.8, 4) is 5.75 Å². The first-order chi connectivity index (χ1) is 12.4. The van der Waals surface area contributed by atoms with Crippen LogP contribution in [-0.2, 0) is 20.7 Å². The molecule has 3 heterocycles. The number of aliphatic imine (C=N–C) groups is 1. The Morgan fingerprint density at radius 2 is 2.27 bits per heavy atom. The lowest BCUT2D eigenvalue weighted by molar-refractivity contribution is -0.107. The van der Waals surface area contributed by atoms with Gasteiger partial charge in [0.05, 0.1) is 6.61 Å². The molecule has 2 saturated heterocycles. The molecule has 1 aromatic carbocycles. The van der Waals surface area contributed by atoms with E-state index in [-0.39, 0.29) is 16.8 Å². The smallest absolute Gasteiger partial charge is 0.236 e.